The van der Waals surface area contributed by atoms with Crippen molar-refractivity contribution in [3.05, 3.63) is 71.8 Å². The molecule has 0 fully saturated rings. The second-order valence-corrected chi connectivity index (χ2v) is 4.04. The van der Waals surface area contributed by atoms with Crippen LogP contribution < -0.4 is 5.43 Å². The number of aromatic hydroxyl groups is 1. The van der Waals surface area contributed by atoms with Crippen molar-refractivity contribution in [3.8, 4) is 5.75 Å². The number of hydrogen-bond donors (Lipinski definition) is 2. The number of phenolic OH excluding ortho intramolecular Hbond substituents is 1. The lowest BCUT2D eigenvalue weighted by atomic mass is 10.2. The number of carbonyl (C=O) groups excluding carboxylic acids is 1. The Morgan fingerprint density at radius 2 is 1.90 bits per heavy atom. The fourth-order valence-corrected chi connectivity index (χ4v) is 1.57. The number of carbonyl (C=O) groups is 1. The highest BCUT2D eigenvalue weighted by Crippen LogP contribution is 2.10. The molecule has 100 valence electrons. The van der Waals surface area contributed by atoms with Gasteiger partial charge >= 0.3 is 0 Å². The second kappa shape index (κ2) is 6.89. The molecule has 0 aromatic heterocycles. The van der Waals surface area contributed by atoms with Gasteiger partial charge in [0.2, 0.25) is 0 Å². The van der Waals surface area contributed by atoms with E-state index in [0.29, 0.717) is 5.56 Å². The average molecular weight is 266 g/mol. The highest BCUT2D eigenvalue weighted by atomic mass is 16.3. The van der Waals surface area contributed by atoms with Gasteiger partial charge in [0.15, 0.2) is 0 Å². The van der Waals surface area contributed by atoms with E-state index in [9.17, 15) is 9.90 Å². The molecule has 20 heavy (non-hydrogen) atoms. The molecule has 4 nitrogen and oxygen atoms in total. The van der Waals surface area contributed by atoms with Gasteiger partial charge in [-0.15, -0.1) is 0 Å². The van der Waals surface area contributed by atoms with E-state index in [1.54, 1.807) is 18.2 Å². The summed E-state index contributed by atoms with van der Waals surface area (Å²) in [4.78, 5) is 11.7. The Morgan fingerprint density at radius 1 is 1.10 bits per heavy atom. The van der Waals surface area contributed by atoms with Gasteiger partial charge in [-0.2, -0.15) is 5.10 Å². The molecule has 0 heterocycles. The summed E-state index contributed by atoms with van der Waals surface area (Å²) in [5.74, 6) is -0.323. The molecule has 2 rings (SSSR count). The molecule has 0 saturated carbocycles. The van der Waals surface area contributed by atoms with E-state index in [1.165, 1.54) is 18.3 Å². The van der Waals surface area contributed by atoms with E-state index in [2.05, 4.69) is 10.5 Å². The molecule has 2 aromatic rings. The fraction of sp³-hybridized carbons (Fsp3) is 0. The first-order valence-corrected chi connectivity index (χ1v) is 6.10. The quantitative estimate of drug-likeness (QED) is 0.660. The molecule has 0 bridgehead atoms. The van der Waals surface area contributed by atoms with E-state index in [-0.39, 0.29) is 11.7 Å². The predicted octanol–water partition coefficient (Wildman–Crippen LogP) is 2.82. The van der Waals surface area contributed by atoms with Crippen molar-refractivity contribution in [1.29, 1.82) is 0 Å². The Bertz CT molecular complexity index is 634. The molecule has 0 aliphatic carbocycles. The molecule has 1 amide bonds. The van der Waals surface area contributed by atoms with Crippen LogP contribution in [0.15, 0.2) is 65.8 Å². The first kappa shape index (κ1) is 13.5. The van der Waals surface area contributed by atoms with Crippen LogP contribution in [0.2, 0.25) is 0 Å². The Hall–Kier alpha value is -2.88. The van der Waals surface area contributed by atoms with Crippen LogP contribution in [0, 0.1) is 0 Å². The molecule has 2 aromatic carbocycles. The Morgan fingerprint density at radius 3 is 2.65 bits per heavy atom. The second-order valence-electron chi connectivity index (χ2n) is 4.04. The van der Waals surface area contributed by atoms with Crippen molar-refractivity contribution in [2.75, 3.05) is 0 Å². The summed E-state index contributed by atoms with van der Waals surface area (Å²) in [5, 5.41) is 13.1. The molecule has 2 N–H and O–H groups in total. The van der Waals surface area contributed by atoms with Gasteiger partial charge in [0.25, 0.3) is 5.91 Å². The van der Waals surface area contributed by atoms with Gasteiger partial charge in [0.1, 0.15) is 5.75 Å². The normalized spacial score (nSPS) is 11.0. The molecular weight excluding hydrogens is 252 g/mol. The molecule has 0 radical (unpaired) electrons. The fourth-order valence-electron chi connectivity index (χ4n) is 1.57. The summed E-state index contributed by atoms with van der Waals surface area (Å²) in [7, 11) is 0. The number of amides is 1. The maximum Gasteiger partial charge on any atom is 0.271 e. The minimum absolute atomic E-state index is 0.0469. The Balaban J connectivity index is 1.87. The number of hydrazone groups is 1. The minimum Gasteiger partial charge on any atom is -0.508 e. The van der Waals surface area contributed by atoms with Gasteiger partial charge in [0.05, 0.1) is 0 Å². The molecular formula is C16H14N2O2. The third-order valence-electron chi connectivity index (χ3n) is 2.52. The van der Waals surface area contributed by atoms with Crippen LogP contribution in [-0.2, 0) is 0 Å². The van der Waals surface area contributed by atoms with Crippen LogP contribution in [0.25, 0.3) is 6.08 Å². The number of allylic oxidation sites excluding steroid dienone is 1. The van der Waals surface area contributed by atoms with Crippen LogP contribution in [0.1, 0.15) is 15.9 Å². The van der Waals surface area contributed by atoms with E-state index in [4.69, 9.17) is 0 Å². The lowest BCUT2D eigenvalue weighted by molar-refractivity contribution is 0.0954. The van der Waals surface area contributed by atoms with Gasteiger partial charge < -0.3 is 5.11 Å². The Kier molecular flexibility index (Phi) is 4.67. The van der Waals surface area contributed by atoms with Crippen molar-refractivity contribution in [2.24, 2.45) is 5.10 Å². The van der Waals surface area contributed by atoms with E-state index in [0.717, 1.165) is 5.56 Å². The van der Waals surface area contributed by atoms with Gasteiger partial charge in [-0.05, 0) is 29.8 Å². The zero-order valence-electron chi connectivity index (χ0n) is 10.7. The monoisotopic (exact) mass is 266 g/mol. The van der Waals surface area contributed by atoms with E-state index >= 15 is 0 Å². The molecule has 0 aliphatic rings. The lowest BCUT2D eigenvalue weighted by Crippen LogP contribution is -2.17. The molecule has 0 aliphatic heterocycles. The summed E-state index contributed by atoms with van der Waals surface area (Å²) >= 11 is 0. The SMILES string of the molecule is O=C(N/N=C/C=C/c1ccccc1)c1cccc(O)c1. The van der Waals surface area contributed by atoms with Crippen LogP contribution in [0.5, 0.6) is 5.75 Å². The number of phenols is 1. The third kappa shape index (κ3) is 4.10. The molecule has 0 atom stereocenters. The van der Waals surface area contributed by atoms with E-state index in [1.807, 2.05) is 36.4 Å². The minimum atomic E-state index is -0.370. The Labute approximate surface area is 117 Å². The number of nitrogens with one attached hydrogen (secondary N) is 1. The average Bonchev–Trinajstić information content (AvgIpc) is 2.48. The highest BCUT2D eigenvalue weighted by Gasteiger charge is 2.03. The number of hydrogen-bond acceptors (Lipinski definition) is 3. The van der Waals surface area contributed by atoms with Crippen molar-refractivity contribution in [1.82, 2.24) is 5.43 Å². The van der Waals surface area contributed by atoms with Crippen molar-refractivity contribution in [3.63, 3.8) is 0 Å². The highest BCUT2D eigenvalue weighted by molar-refractivity contribution is 5.95. The van der Waals surface area contributed by atoms with Crippen molar-refractivity contribution in [2.45, 2.75) is 0 Å². The van der Waals surface area contributed by atoms with Crippen molar-refractivity contribution >= 4 is 18.2 Å². The lowest BCUT2D eigenvalue weighted by Gasteiger charge is -1.99. The molecule has 0 unspecified atom stereocenters. The number of rotatable bonds is 4. The van der Waals surface area contributed by atoms with Crippen LogP contribution >= 0.6 is 0 Å². The largest absolute Gasteiger partial charge is 0.508 e. The maximum atomic E-state index is 11.7. The number of benzene rings is 2. The third-order valence-corrected chi connectivity index (χ3v) is 2.52. The summed E-state index contributed by atoms with van der Waals surface area (Å²) in [5.41, 5.74) is 3.79. The summed E-state index contributed by atoms with van der Waals surface area (Å²) in [6.07, 6.45) is 5.11. The van der Waals surface area contributed by atoms with Crippen LogP contribution in [-0.4, -0.2) is 17.2 Å². The van der Waals surface area contributed by atoms with Crippen LogP contribution in [0.4, 0.5) is 0 Å². The van der Waals surface area contributed by atoms with Gasteiger partial charge in [0, 0.05) is 11.8 Å². The van der Waals surface area contributed by atoms with E-state index < -0.39 is 0 Å². The van der Waals surface area contributed by atoms with Gasteiger partial charge in [-0.3, -0.25) is 4.79 Å². The van der Waals surface area contributed by atoms with Gasteiger partial charge in [-0.25, -0.2) is 5.43 Å². The smallest absolute Gasteiger partial charge is 0.271 e. The maximum absolute atomic E-state index is 11.7. The zero-order chi connectivity index (χ0) is 14.2. The summed E-state index contributed by atoms with van der Waals surface area (Å²) < 4.78 is 0. The topological polar surface area (TPSA) is 61.7 Å². The number of nitrogens with zero attached hydrogens (tertiary/aromatic N) is 1. The molecule has 0 spiro atoms. The molecule has 4 heteroatoms. The van der Waals surface area contributed by atoms with Crippen LogP contribution in [0.3, 0.4) is 0 Å². The molecule has 0 saturated heterocycles. The van der Waals surface area contributed by atoms with Crippen molar-refractivity contribution < 1.29 is 9.90 Å². The first-order chi connectivity index (χ1) is 9.75. The zero-order valence-corrected chi connectivity index (χ0v) is 10.7. The standard InChI is InChI=1S/C16H14N2O2/c19-15-10-4-9-14(12-15)16(20)18-17-11-5-8-13-6-2-1-3-7-13/h1-12,19H,(H,18,20)/b8-5+,17-11+. The summed E-state index contributed by atoms with van der Waals surface area (Å²) in [6, 6.07) is 15.9. The summed E-state index contributed by atoms with van der Waals surface area (Å²) in [6.45, 7) is 0. The predicted molar refractivity (Wildman–Crippen MR) is 79.5 cm³/mol. The first-order valence-electron chi connectivity index (χ1n) is 6.10. The van der Waals surface area contributed by atoms with Gasteiger partial charge in [-0.1, -0.05) is 42.5 Å².